The summed E-state index contributed by atoms with van der Waals surface area (Å²) >= 11 is 0. The van der Waals surface area contributed by atoms with Crippen molar-refractivity contribution in [3.05, 3.63) is 18.2 Å². The Kier molecular flexibility index (Phi) is 14.7. The fourth-order valence-electron chi connectivity index (χ4n) is 1.38. The van der Waals surface area contributed by atoms with E-state index in [4.69, 9.17) is 0 Å². The minimum Gasteiger partial charge on any atom is -1.00 e. The van der Waals surface area contributed by atoms with Gasteiger partial charge in [0.25, 0.3) is 0 Å². The van der Waals surface area contributed by atoms with E-state index in [0.29, 0.717) is 0 Å². The van der Waals surface area contributed by atoms with Crippen molar-refractivity contribution < 1.29 is 58.9 Å². The van der Waals surface area contributed by atoms with Gasteiger partial charge >= 0.3 is 21.7 Å². The molecule has 1 aromatic rings. The second-order valence-electron chi connectivity index (χ2n) is 5.89. The summed E-state index contributed by atoms with van der Waals surface area (Å²) in [4.78, 5) is 0. The molecule has 0 N–H and O–H groups in total. The molecule has 17 heavy (non-hydrogen) atoms. The average molecular weight is 364 g/mol. The Morgan fingerprint density at radius 3 is 1.47 bits per heavy atom. The first-order valence-corrected chi connectivity index (χ1v) is 12.0. The standard InChI is InChI=1S/C11H21Si2.3ClH.Ti/c1-12(2,3)10-7-8-11(9-10)13(4,5)6;;;;/h7-9H,1-6H3;3*1H;/q-1;;;;+4/p-3. The largest absolute Gasteiger partial charge is 4.00 e. The first-order chi connectivity index (χ1) is 5.71. The molecular formula is C11H21Cl3Si2Ti. The van der Waals surface area contributed by atoms with E-state index in [1.165, 1.54) is 0 Å². The van der Waals surface area contributed by atoms with Crippen molar-refractivity contribution in [1.29, 1.82) is 0 Å². The molecule has 0 aliphatic rings. The molecular weight excluding hydrogens is 343 g/mol. The molecule has 6 heteroatoms. The van der Waals surface area contributed by atoms with Gasteiger partial charge in [-0.25, -0.2) is 11.3 Å². The first-order valence-electron chi connectivity index (χ1n) is 4.99. The molecule has 1 aromatic carbocycles. The Bertz CT molecular complexity index is 272. The van der Waals surface area contributed by atoms with E-state index >= 15 is 0 Å². The van der Waals surface area contributed by atoms with Gasteiger partial charge in [-0.15, -0.1) is 0 Å². The Balaban J connectivity index is -0.000000211. The fraction of sp³-hybridized carbons (Fsp3) is 0.545. The van der Waals surface area contributed by atoms with Crippen molar-refractivity contribution in [2.24, 2.45) is 0 Å². The zero-order chi connectivity index (χ0) is 10.3. The molecule has 0 heterocycles. The van der Waals surface area contributed by atoms with Gasteiger partial charge in [-0.2, -0.15) is 17.3 Å². The predicted molar refractivity (Wildman–Crippen MR) is 68.0 cm³/mol. The molecule has 1 rings (SSSR count). The van der Waals surface area contributed by atoms with E-state index in [0.717, 1.165) is 0 Å². The van der Waals surface area contributed by atoms with Crippen LogP contribution in [0.15, 0.2) is 18.2 Å². The first kappa shape index (κ1) is 26.8. The molecule has 98 valence electrons. The molecule has 0 aliphatic carbocycles. The molecule has 0 bridgehead atoms. The zero-order valence-corrected chi connectivity index (χ0v) is 17.2. The third-order valence-electron chi connectivity index (χ3n) is 2.49. The summed E-state index contributed by atoms with van der Waals surface area (Å²) in [5.41, 5.74) is 0. The fourth-order valence-corrected chi connectivity index (χ4v) is 3.86. The molecule has 0 spiro atoms. The zero-order valence-electron chi connectivity index (χ0n) is 11.4. The van der Waals surface area contributed by atoms with E-state index in [1.54, 1.807) is 10.4 Å². The van der Waals surface area contributed by atoms with Crippen LogP contribution in [0.5, 0.6) is 0 Å². The van der Waals surface area contributed by atoms with Crippen LogP contribution in [0.25, 0.3) is 0 Å². The maximum absolute atomic E-state index is 2.46. The molecule has 0 radical (unpaired) electrons. The Labute approximate surface area is 142 Å². The molecule has 0 aliphatic heterocycles. The molecule has 0 unspecified atom stereocenters. The summed E-state index contributed by atoms with van der Waals surface area (Å²) in [7, 11) is -2.14. The van der Waals surface area contributed by atoms with Gasteiger partial charge in [-0.3, -0.25) is 0 Å². The van der Waals surface area contributed by atoms with Crippen molar-refractivity contribution in [3.8, 4) is 0 Å². The Morgan fingerprint density at radius 2 is 1.29 bits per heavy atom. The van der Waals surface area contributed by atoms with Gasteiger partial charge in [0.15, 0.2) is 0 Å². The van der Waals surface area contributed by atoms with Crippen LogP contribution in [-0.2, 0) is 21.7 Å². The SMILES string of the molecule is C[Si](C)(C)c1cc[c-]([Si](C)(C)C)c1.[Cl-].[Cl-].[Cl-].[Ti+4]. The monoisotopic (exact) mass is 362 g/mol. The van der Waals surface area contributed by atoms with Gasteiger partial charge in [0.2, 0.25) is 0 Å². The van der Waals surface area contributed by atoms with Gasteiger partial charge < -0.3 is 37.2 Å². The average Bonchev–Trinajstić information content (AvgIpc) is 2.28. The van der Waals surface area contributed by atoms with Crippen molar-refractivity contribution >= 4 is 26.5 Å². The second kappa shape index (κ2) is 9.30. The molecule has 0 fully saturated rings. The van der Waals surface area contributed by atoms with Crippen LogP contribution in [0.4, 0.5) is 0 Å². The minimum absolute atomic E-state index is 0. The summed E-state index contributed by atoms with van der Waals surface area (Å²) < 4.78 is 0. The van der Waals surface area contributed by atoms with Crippen LogP contribution in [0.2, 0.25) is 39.3 Å². The molecule has 0 nitrogen and oxygen atoms in total. The van der Waals surface area contributed by atoms with Crippen molar-refractivity contribution in [3.63, 3.8) is 0 Å². The topological polar surface area (TPSA) is 0 Å². The molecule has 0 saturated carbocycles. The van der Waals surface area contributed by atoms with Crippen LogP contribution < -0.4 is 47.6 Å². The van der Waals surface area contributed by atoms with E-state index < -0.39 is 16.1 Å². The van der Waals surface area contributed by atoms with Crippen LogP contribution >= 0.6 is 0 Å². The van der Waals surface area contributed by atoms with E-state index in [2.05, 4.69) is 57.5 Å². The summed E-state index contributed by atoms with van der Waals surface area (Å²) in [6, 6.07) is 7.15. The number of hydrogen-bond acceptors (Lipinski definition) is 0. The Morgan fingerprint density at radius 1 is 0.882 bits per heavy atom. The number of hydrogen-bond donors (Lipinski definition) is 0. The summed E-state index contributed by atoms with van der Waals surface area (Å²) in [5, 5.41) is 3.23. The smallest absolute Gasteiger partial charge is 1.00 e. The van der Waals surface area contributed by atoms with Crippen molar-refractivity contribution in [1.82, 2.24) is 0 Å². The van der Waals surface area contributed by atoms with E-state index in [9.17, 15) is 0 Å². The molecule has 0 saturated heterocycles. The van der Waals surface area contributed by atoms with Gasteiger partial charge in [0.1, 0.15) is 0 Å². The van der Waals surface area contributed by atoms with Gasteiger partial charge in [0, 0.05) is 16.1 Å². The van der Waals surface area contributed by atoms with Crippen LogP contribution in [-0.4, -0.2) is 16.1 Å². The van der Waals surface area contributed by atoms with Crippen molar-refractivity contribution in [2.45, 2.75) is 39.3 Å². The van der Waals surface area contributed by atoms with Crippen molar-refractivity contribution in [2.75, 3.05) is 0 Å². The van der Waals surface area contributed by atoms with Crippen LogP contribution in [0.1, 0.15) is 0 Å². The maximum Gasteiger partial charge on any atom is 4.00 e. The summed E-state index contributed by atoms with van der Waals surface area (Å²) in [6.45, 7) is 14.5. The van der Waals surface area contributed by atoms with Crippen LogP contribution in [0.3, 0.4) is 0 Å². The summed E-state index contributed by atoms with van der Waals surface area (Å²) in [6.07, 6.45) is 0. The Hall–Kier alpha value is 1.37. The quantitative estimate of drug-likeness (QED) is 0.362. The predicted octanol–water partition coefficient (Wildman–Crippen LogP) is -6.49. The maximum atomic E-state index is 2.46. The second-order valence-corrected chi connectivity index (χ2v) is 16.0. The van der Waals surface area contributed by atoms with Gasteiger partial charge in [-0.05, 0) is 0 Å². The van der Waals surface area contributed by atoms with E-state index in [-0.39, 0.29) is 58.9 Å². The van der Waals surface area contributed by atoms with Gasteiger partial charge in [-0.1, -0.05) is 39.3 Å². The van der Waals surface area contributed by atoms with E-state index in [1.807, 2.05) is 0 Å². The molecule has 0 atom stereocenters. The normalized spacial score (nSPS) is 10.2. The minimum atomic E-state index is -1.07. The third-order valence-corrected chi connectivity index (χ3v) is 6.57. The summed E-state index contributed by atoms with van der Waals surface area (Å²) in [5.74, 6) is 0. The molecule has 0 amide bonds. The number of halogens is 3. The number of rotatable bonds is 2. The van der Waals surface area contributed by atoms with Crippen LogP contribution in [0, 0.1) is 0 Å². The third kappa shape index (κ3) is 8.20. The van der Waals surface area contributed by atoms with Gasteiger partial charge in [0.05, 0.1) is 0 Å². The molecule has 0 aromatic heterocycles.